The van der Waals surface area contributed by atoms with Crippen LogP contribution in [0.5, 0.6) is 0 Å². The third kappa shape index (κ3) is 2.13. The van der Waals surface area contributed by atoms with E-state index in [2.05, 4.69) is 4.98 Å². The number of hydrogen-bond acceptors (Lipinski definition) is 5. The summed E-state index contributed by atoms with van der Waals surface area (Å²) in [5.41, 5.74) is 7.76. The number of fused-ring (bicyclic) bond motifs is 1. The van der Waals surface area contributed by atoms with Crippen molar-refractivity contribution in [2.24, 2.45) is 5.73 Å². The molecule has 2 N–H and O–H groups in total. The van der Waals surface area contributed by atoms with Gasteiger partial charge in [-0.05, 0) is 25.3 Å². The lowest BCUT2D eigenvalue weighted by Gasteiger charge is -2.15. The fourth-order valence-electron chi connectivity index (χ4n) is 2.38. The Labute approximate surface area is 114 Å². The van der Waals surface area contributed by atoms with E-state index in [0.717, 1.165) is 29.8 Å². The molecule has 1 aliphatic carbocycles. The zero-order chi connectivity index (χ0) is 13.4. The number of hydrogen-bond donors (Lipinski definition) is 1. The molecule has 0 bridgehead atoms. The first kappa shape index (κ1) is 12.3. The Morgan fingerprint density at radius 3 is 2.95 bits per heavy atom. The van der Waals surface area contributed by atoms with Crippen LogP contribution >= 0.6 is 11.3 Å². The molecule has 1 aromatic carbocycles. The van der Waals surface area contributed by atoms with Crippen LogP contribution in [0.15, 0.2) is 24.3 Å². The normalized spacial score (nSPS) is 18.1. The van der Waals surface area contributed by atoms with Gasteiger partial charge in [-0.2, -0.15) is 0 Å². The Hall–Kier alpha value is -1.79. The first-order chi connectivity index (χ1) is 9.16. The summed E-state index contributed by atoms with van der Waals surface area (Å²) in [6.07, 6.45) is 2.92. The standard InChI is InChI=1S/C13H13N3O2S/c14-9-5-3-6-10-12(9)19-13(15-10)8-4-1-2-7-11(8)16(17)18/h1-2,4,7,9H,3,5-6,14H2. The van der Waals surface area contributed by atoms with Gasteiger partial charge in [0.05, 0.1) is 16.2 Å². The summed E-state index contributed by atoms with van der Waals surface area (Å²) >= 11 is 1.49. The molecule has 0 spiro atoms. The molecule has 6 heteroatoms. The molecule has 5 nitrogen and oxygen atoms in total. The van der Waals surface area contributed by atoms with Crippen molar-refractivity contribution in [2.75, 3.05) is 0 Å². The van der Waals surface area contributed by atoms with Crippen molar-refractivity contribution in [3.8, 4) is 10.6 Å². The van der Waals surface area contributed by atoms with Crippen LogP contribution in [0, 0.1) is 10.1 Å². The summed E-state index contributed by atoms with van der Waals surface area (Å²) in [5.74, 6) is 0. The molecule has 1 heterocycles. The van der Waals surface area contributed by atoms with Crippen molar-refractivity contribution in [1.29, 1.82) is 0 Å². The molecule has 1 unspecified atom stereocenters. The Balaban J connectivity index is 2.11. The number of para-hydroxylation sites is 1. The quantitative estimate of drug-likeness (QED) is 0.674. The van der Waals surface area contributed by atoms with Crippen LogP contribution < -0.4 is 5.73 Å². The van der Waals surface area contributed by atoms with E-state index in [1.165, 1.54) is 17.4 Å². The molecule has 0 saturated heterocycles. The van der Waals surface area contributed by atoms with Crippen LogP contribution in [-0.4, -0.2) is 9.91 Å². The van der Waals surface area contributed by atoms with E-state index in [4.69, 9.17) is 5.73 Å². The number of nitrogens with zero attached hydrogens (tertiary/aromatic N) is 2. The summed E-state index contributed by atoms with van der Waals surface area (Å²) in [7, 11) is 0. The van der Waals surface area contributed by atoms with Gasteiger partial charge in [0, 0.05) is 17.0 Å². The van der Waals surface area contributed by atoms with Crippen LogP contribution in [0.25, 0.3) is 10.6 Å². The monoisotopic (exact) mass is 275 g/mol. The van der Waals surface area contributed by atoms with Crippen molar-refractivity contribution in [1.82, 2.24) is 4.98 Å². The number of thiazole rings is 1. The molecule has 0 radical (unpaired) electrons. The second-order valence-electron chi connectivity index (χ2n) is 4.60. The second kappa shape index (κ2) is 4.71. The summed E-state index contributed by atoms with van der Waals surface area (Å²) < 4.78 is 0. The maximum Gasteiger partial charge on any atom is 0.279 e. The maximum absolute atomic E-state index is 11.1. The molecular weight excluding hydrogens is 262 g/mol. The summed E-state index contributed by atoms with van der Waals surface area (Å²) in [6, 6.07) is 6.74. The minimum atomic E-state index is -0.365. The minimum absolute atomic E-state index is 0.0257. The molecule has 1 aliphatic rings. The largest absolute Gasteiger partial charge is 0.323 e. The van der Waals surface area contributed by atoms with E-state index in [1.54, 1.807) is 18.2 Å². The average molecular weight is 275 g/mol. The van der Waals surface area contributed by atoms with Gasteiger partial charge in [0.1, 0.15) is 5.01 Å². The number of aromatic nitrogens is 1. The lowest BCUT2D eigenvalue weighted by molar-refractivity contribution is -0.384. The lowest BCUT2D eigenvalue weighted by atomic mass is 9.99. The van der Waals surface area contributed by atoms with E-state index in [9.17, 15) is 10.1 Å². The highest BCUT2D eigenvalue weighted by atomic mass is 32.1. The zero-order valence-electron chi connectivity index (χ0n) is 10.2. The molecule has 19 heavy (non-hydrogen) atoms. The van der Waals surface area contributed by atoms with Gasteiger partial charge in [-0.3, -0.25) is 10.1 Å². The van der Waals surface area contributed by atoms with E-state index in [1.807, 2.05) is 0 Å². The van der Waals surface area contributed by atoms with Crippen LogP contribution in [-0.2, 0) is 6.42 Å². The third-order valence-corrected chi connectivity index (χ3v) is 4.59. The first-order valence-electron chi connectivity index (χ1n) is 6.16. The van der Waals surface area contributed by atoms with Crippen LogP contribution in [0.1, 0.15) is 29.5 Å². The minimum Gasteiger partial charge on any atom is -0.323 e. The van der Waals surface area contributed by atoms with Gasteiger partial charge in [0.2, 0.25) is 0 Å². The van der Waals surface area contributed by atoms with Gasteiger partial charge in [-0.1, -0.05) is 12.1 Å². The van der Waals surface area contributed by atoms with Crippen LogP contribution in [0.4, 0.5) is 5.69 Å². The smallest absolute Gasteiger partial charge is 0.279 e. The highest BCUT2D eigenvalue weighted by Crippen LogP contribution is 2.39. The topological polar surface area (TPSA) is 82.0 Å². The molecule has 0 fully saturated rings. The maximum atomic E-state index is 11.1. The molecule has 1 aromatic heterocycles. The highest BCUT2D eigenvalue weighted by molar-refractivity contribution is 7.15. The van der Waals surface area contributed by atoms with E-state index in [-0.39, 0.29) is 16.7 Å². The third-order valence-electron chi connectivity index (χ3n) is 3.32. The number of aryl methyl sites for hydroxylation is 1. The fraction of sp³-hybridized carbons (Fsp3) is 0.308. The molecule has 0 saturated carbocycles. The SMILES string of the molecule is NC1CCCc2nc(-c3ccccc3[N+](=O)[O-])sc21. The second-order valence-corrected chi connectivity index (χ2v) is 5.63. The number of nitro groups is 1. The van der Waals surface area contributed by atoms with Crippen LogP contribution in [0.2, 0.25) is 0 Å². The van der Waals surface area contributed by atoms with Crippen molar-refractivity contribution < 1.29 is 4.92 Å². The first-order valence-corrected chi connectivity index (χ1v) is 6.97. The van der Waals surface area contributed by atoms with Crippen molar-refractivity contribution in [3.63, 3.8) is 0 Å². The zero-order valence-corrected chi connectivity index (χ0v) is 11.0. The molecular formula is C13H13N3O2S. The molecule has 3 rings (SSSR count). The fourth-order valence-corrected chi connectivity index (χ4v) is 3.56. The van der Waals surface area contributed by atoms with Crippen molar-refractivity contribution >= 4 is 17.0 Å². The lowest BCUT2D eigenvalue weighted by Crippen LogP contribution is -2.15. The Bertz CT molecular complexity index is 639. The Morgan fingerprint density at radius 1 is 1.42 bits per heavy atom. The van der Waals surface area contributed by atoms with E-state index >= 15 is 0 Å². The number of rotatable bonds is 2. The molecule has 2 aromatic rings. The number of nitrogens with two attached hydrogens (primary N) is 1. The predicted molar refractivity (Wildman–Crippen MR) is 74.1 cm³/mol. The predicted octanol–water partition coefficient (Wildman–Crippen LogP) is 3.05. The van der Waals surface area contributed by atoms with Gasteiger partial charge in [0.25, 0.3) is 5.69 Å². The van der Waals surface area contributed by atoms with Crippen molar-refractivity contribution in [2.45, 2.75) is 25.3 Å². The highest BCUT2D eigenvalue weighted by Gasteiger charge is 2.24. The van der Waals surface area contributed by atoms with E-state index in [0.29, 0.717) is 10.6 Å². The van der Waals surface area contributed by atoms with Crippen LogP contribution in [0.3, 0.4) is 0 Å². The van der Waals surface area contributed by atoms with Gasteiger partial charge in [-0.25, -0.2) is 4.98 Å². The summed E-state index contributed by atoms with van der Waals surface area (Å²) in [6.45, 7) is 0. The van der Waals surface area contributed by atoms with E-state index < -0.39 is 0 Å². The number of benzene rings is 1. The van der Waals surface area contributed by atoms with Gasteiger partial charge in [-0.15, -0.1) is 11.3 Å². The van der Waals surface area contributed by atoms with Gasteiger partial charge in [0.15, 0.2) is 0 Å². The van der Waals surface area contributed by atoms with Gasteiger partial charge < -0.3 is 5.73 Å². The average Bonchev–Trinajstić information content (AvgIpc) is 2.84. The molecule has 1 atom stereocenters. The molecule has 0 amide bonds. The number of nitro benzene ring substituents is 1. The molecule has 0 aliphatic heterocycles. The van der Waals surface area contributed by atoms with Gasteiger partial charge >= 0.3 is 0 Å². The molecule has 98 valence electrons. The summed E-state index contributed by atoms with van der Waals surface area (Å²) in [4.78, 5) is 16.3. The Morgan fingerprint density at radius 2 is 2.21 bits per heavy atom. The van der Waals surface area contributed by atoms with Crippen molar-refractivity contribution in [3.05, 3.63) is 45.0 Å². The summed E-state index contributed by atoms with van der Waals surface area (Å²) in [5, 5.41) is 11.8. The Kier molecular flexibility index (Phi) is 3.04.